The van der Waals surface area contributed by atoms with Crippen LogP contribution >= 0.6 is 11.5 Å². The Bertz CT molecular complexity index is 1490. The smallest absolute Gasteiger partial charge is 0.273 e. The molecule has 4 aromatic rings. The molecule has 0 bridgehead atoms. The largest absolute Gasteiger partial charge is 0.395 e. The van der Waals surface area contributed by atoms with Crippen LogP contribution in [0.3, 0.4) is 0 Å². The number of carbonyl (C=O) groups excluding carboxylic acids is 3. The van der Waals surface area contributed by atoms with Gasteiger partial charge in [-0.3, -0.25) is 19.3 Å². The number of aromatic nitrogens is 1. The molecule has 1 atom stereocenters. The standard InChI is InChI=1S/C28H27FN6O3S/c1-34(2)19-14-12-18(13-15-19)24(27(37)32-16-17-8-4-3-5-9-17)35(21-11-7-6-10-20(21)29)28(38)25-22(30)23(26(31)36)33-39-25/h3-15,24H,16,30H2,1-2H3,(H2,31,36)(H,32,37)/t24-/m0/s1. The van der Waals surface area contributed by atoms with Gasteiger partial charge < -0.3 is 21.7 Å². The van der Waals surface area contributed by atoms with Crippen LogP contribution in [0.2, 0.25) is 0 Å². The normalized spacial score (nSPS) is 11.5. The SMILES string of the molecule is CN(C)c1ccc([C@@H](C(=O)NCc2ccccc2)N(C(=O)c2snc(C(N)=O)c2N)c2ccccc2F)cc1. The van der Waals surface area contributed by atoms with Gasteiger partial charge in [0.05, 0.1) is 11.4 Å². The van der Waals surface area contributed by atoms with Crippen molar-refractivity contribution in [3.05, 3.63) is 106 Å². The number of para-hydroxylation sites is 1. The molecule has 0 saturated carbocycles. The van der Waals surface area contributed by atoms with Crippen LogP contribution in [0.5, 0.6) is 0 Å². The third-order valence-corrected chi connectivity index (χ3v) is 6.88. The maximum Gasteiger partial charge on any atom is 0.273 e. The summed E-state index contributed by atoms with van der Waals surface area (Å²) >= 11 is 0.654. The molecule has 3 amide bonds. The highest BCUT2D eigenvalue weighted by molar-refractivity contribution is 7.09. The molecule has 0 spiro atoms. The molecule has 0 aliphatic rings. The number of nitrogens with one attached hydrogen (secondary N) is 1. The molecular formula is C28H27FN6O3S. The first-order valence-corrected chi connectivity index (χ1v) is 12.7. The monoisotopic (exact) mass is 546 g/mol. The lowest BCUT2D eigenvalue weighted by Gasteiger charge is -2.31. The summed E-state index contributed by atoms with van der Waals surface area (Å²) < 4.78 is 19.2. The maximum absolute atomic E-state index is 15.3. The van der Waals surface area contributed by atoms with E-state index in [1.54, 1.807) is 30.3 Å². The summed E-state index contributed by atoms with van der Waals surface area (Å²) in [6.07, 6.45) is 0. The molecule has 3 aromatic carbocycles. The summed E-state index contributed by atoms with van der Waals surface area (Å²) in [6, 6.07) is 20.6. The summed E-state index contributed by atoms with van der Waals surface area (Å²) in [5.74, 6) is -2.99. The minimum atomic E-state index is -1.30. The number of anilines is 3. The van der Waals surface area contributed by atoms with Crippen molar-refractivity contribution in [2.45, 2.75) is 12.6 Å². The van der Waals surface area contributed by atoms with Gasteiger partial charge in [-0.2, -0.15) is 4.37 Å². The summed E-state index contributed by atoms with van der Waals surface area (Å²) in [7, 11) is 3.74. The fourth-order valence-corrected chi connectivity index (χ4v) is 4.75. The van der Waals surface area contributed by atoms with Crippen molar-refractivity contribution in [1.29, 1.82) is 0 Å². The van der Waals surface area contributed by atoms with Crippen LogP contribution in [0, 0.1) is 5.82 Å². The Balaban J connectivity index is 1.85. The third-order valence-electron chi connectivity index (χ3n) is 6.03. The maximum atomic E-state index is 15.3. The van der Waals surface area contributed by atoms with E-state index < -0.39 is 29.6 Å². The van der Waals surface area contributed by atoms with Crippen LogP contribution in [-0.4, -0.2) is 36.2 Å². The van der Waals surface area contributed by atoms with Gasteiger partial charge in [0.2, 0.25) is 5.91 Å². The van der Waals surface area contributed by atoms with Gasteiger partial charge in [0.1, 0.15) is 16.7 Å². The van der Waals surface area contributed by atoms with Gasteiger partial charge in [0.25, 0.3) is 11.8 Å². The Morgan fingerprint density at radius 2 is 1.62 bits per heavy atom. The van der Waals surface area contributed by atoms with Crippen LogP contribution in [-0.2, 0) is 11.3 Å². The molecular weight excluding hydrogens is 519 g/mol. The predicted octanol–water partition coefficient (Wildman–Crippen LogP) is 3.73. The third kappa shape index (κ3) is 5.88. The molecule has 0 aliphatic carbocycles. The van der Waals surface area contributed by atoms with E-state index in [0.717, 1.165) is 16.2 Å². The van der Waals surface area contributed by atoms with E-state index in [9.17, 15) is 14.4 Å². The second-order valence-corrected chi connectivity index (χ2v) is 9.63. The Morgan fingerprint density at radius 1 is 0.974 bits per heavy atom. The molecule has 11 heteroatoms. The number of nitrogens with two attached hydrogens (primary N) is 2. The average molecular weight is 547 g/mol. The van der Waals surface area contributed by atoms with Gasteiger partial charge in [-0.25, -0.2) is 4.39 Å². The number of primary amides is 1. The Hall–Kier alpha value is -4.77. The predicted molar refractivity (Wildman–Crippen MR) is 150 cm³/mol. The fraction of sp³-hybridized carbons (Fsp3) is 0.143. The highest BCUT2D eigenvalue weighted by atomic mass is 32.1. The van der Waals surface area contributed by atoms with Crippen LogP contribution in [0.4, 0.5) is 21.5 Å². The van der Waals surface area contributed by atoms with Gasteiger partial charge in [-0.15, -0.1) is 0 Å². The first-order valence-electron chi connectivity index (χ1n) is 11.9. The topological polar surface area (TPSA) is 135 Å². The van der Waals surface area contributed by atoms with E-state index in [1.165, 1.54) is 18.2 Å². The van der Waals surface area contributed by atoms with Crippen LogP contribution < -0.4 is 26.6 Å². The van der Waals surface area contributed by atoms with Crippen molar-refractivity contribution in [1.82, 2.24) is 9.69 Å². The van der Waals surface area contributed by atoms with E-state index in [4.69, 9.17) is 11.5 Å². The molecule has 0 fully saturated rings. The summed E-state index contributed by atoms with van der Waals surface area (Å²) in [4.78, 5) is 42.4. The van der Waals surface area contributed by atoms with Crippen molar-refractivity contribution >= 4 is 46.3 Å². The lowest BCUT2D eigenvalue weighted by molar-refractivity contribution is -0.122. The minimum Gasteiger partial charge on any atom is -0.395 e. The zero-order chi connectivity index (χ0) is 28.1. The Kier molecular flexibility index (Phi) is 8.21. The Labute approximate surface area is 229 Å². The molecule has 9 nitrogen and oxygen atoms in total. The lowest BCUT2D eigenvalue weighted by atomic mass is 10.0. The second kappa shape index (κ2) is 11.7. The first-order chi connectivity index (χ1) is 18.7. The van der Waals surface area contributed by atoms with E-state index in [-0.39, 0.29) is 28.5 Å². The van der Waals surface area contributed by atoms with Crippen molar-refractivity contribution in [3.63, 3.8) is 0 Å². The molecule has 0 saturated heterocycles. The minimum absolute atomic E-state index is 0.141. The van der Waals surface area contributed by atoms with Crippen molar-refractivity contribution < 1.29 is 18.8 Å². The molecule has 4 rings (SSSR count). The number of rotatable bonds is 9. The second-order valence-electron chi connectivity index (χ2n) is 8.86. The van der Waals surface area contributed by atoms with Crippen molar-refractivity contribution in [3.8, 4) is 0 Å². The molecule has 0 unspecified atom stereocenters. The van der Waals surface area contributed by atoms with Gasteiger partial charge >= 0.3 is 0 Å². The molecule has 0 aliphatic heterocycles. The number of benzene rings is 3. The number of nitrogen functional groups attached to an aromatic ring is 1. The number of nitrogens with zero attached hydrogens (tertiary/aromatic N) is 3. The fourth-order valence-electron chi connectivity index (χ4n) is 4.01. The first kappa shape index (κ1) is 27.3. The van der Waals surface area contributed by atoms with E-state index >= 15 is 4.39 Å². The van der Waals surface area contributed by atoms with Crippen LogP contribution in [0.15, 0.2) is 78.9 Å². The quantitative estimate of drug-likeness (QED) is 0.293. The molecule has 0 radical (unpaired) electrons. The van der Waals surface area contributed by atoms with Gasteiger partial charge in [0.15, 0.2) is 5.69 Å². The summed E-state index contributed by atoms with van der Waals surface area (Å²) in [5, 5.41) is 2.87. The summed E-state index contributed by atoms with van der Waals surface area (Å²) in [6.45, 7) is 0.180. The highest BCUT2D eigenvalue weighted by Crippen LogP contribution is 2.35. The van der Waals surface area contributed by atoms with E-state index in [0.29, 0.717) is 17.1 Å². The van der Waals surface area contributed by atoms with Crippen molar-refractivity contribution in [2.75, 3.05) is 29.6 Å². The van der Waals surface area contributed by atoms with Gasteiger partial charge in [-0.05, 0) is 46.9 Å². The van der Waals surface area contributed by atoms with E-state index in [1.807, 2.05) is 49.3 Å². The van der Waals surface area contributed by atoms with Crippen molar-refractivity contribution in [2.24, 2.45) is 5.73 Å². The van der Waals surface area contributed by atoms with Crippen LogP contribution in [0.1, 0.15) is 37.3 Å². The van der Waals surface area contributed by atoms with Gasteiger partial charge in [0, 0.05) is 26.3 Å². The number of hydrogen-bond donors (Lipinski definition) is 3. The number of halogens is 1. The molecule has 5 N–H and O–H groups in total. The number of carbonyl (C=O) groups is 3. The number of hydrogen-bond acceptors (Lipinski definition) is 7. The average Bonchev–Trinajstić information content (AvgIpc) is 3.32. The molecule has 200 valence electrons. The molecule has 39 heavy (non-hydrogen) atoms. The van der Waals surface area contributed by atoms with Crippen LogP contribution in [0.25, 0.3) is 0 Å². The van der Waals surface area contributed by atoms with Gasteiger partial charge in [-0.1, -0.05) is 54.6 Å². The molecule has 1 aromatic heterocycles. The molecule has 1 heterocycles. The zero-order valence-electron chi connectivity index (χ0n) is 21.3. The number of amides is 3. The lowest BCUT2D eigenvalue weighted by Crippen LogP contribution is -2.44. The van der Waals surface area contributed by atoms with E-state index in [2.05, 4.69) is 9.69 Å². The Morgan fingerprint density at radius 3 is 2.21 bits per heavy atom. The zero-order valence-corrected chi connectivity index (χ0v) is 22.1. The highest BCUT2D eigenvalue weighted by Gasteiger charge is 2.37. The summed E-state index contributed by atoms with van der Waals surface area (Å²) in [5.41, 5.74) is 12.9.